The van der Waals surface area contributed by atoms with Gasteiger partial charge in [0.1, 0.15) is 0 Å². The Morgan fingerprint density at radius 1 is 1.47 bits per heavy atom. The Morgan fingerprint density at radius 2 is 2.24 bits per heavy atom. The predicted octanol–water partition coefficient (Wildman–Crippen LogP) is 2.03. The monoisotopic (exact) mass is 301 g/mol. The van der Waals surface area contributed by atoms with E-state index in [1.807, 2.05) is 12.3 Å². The molecule has 0 amide bonds. The molecule has 0 aliphatic heterocycles. The molecule has 1 rings (SSSR count). The molecule has 17 heavy (non-hydrogen) atoms. The summed E-state index contributed by atoms with van der Waals surface area (Å²) in [6.07, 6.45) is 3.61. The largest absolute Gasteiger partial charge is 0.378 e. The van der Waals surface area contributed by atoms with E-state index in [0.29, 0.717) is 25.8 Å². The lowest BCUT2D eigenvalue weighted by molar-refractivity contribution is 0.146. The molecule has 0 spiro atoms. The summed E-state index contributed by atoms with van der Waals surface area (Å²) < 4.78 is 6.43. The van der Waals surface area contributed by atoms with Crippen molar-refractivity contribution in [3.63, 3.8) is 0 Å². The third-order valence-corrected chi connectivity index (χ3v) is 3.03. The molecule has 2 N–H and O–H groups in total. The second-order valence-corrected chi connectivity index (χ2v) is 4.87. The molecule has 5 heteroatoms. The maximum atomic E-state index is 5.43. The van der Waals surface area contributed by atoms with Gasteiger partial charge in [0, 0.05) is 31.5 Å². The van der Waals surface area contributed by atoms with Crippen molar-refractivity contribution in [1.82, 2.24) is 4.98 Å². The van der Waals surface area contributed by atoms with Crippen LogP contribution in [-0.2, 0) is 4.74 Å². The highest BCUT2D eigenvalue weighted by atomic mass is 79.9. The van der Waals surface area contributed by atoms with Gasteiger partial charge in [-0.05, 0) is 35.8 Å². The molecule has 0 unspecified atom stereocenters. The second-order valence-electron chi connectivity index (χ2n) is 4.02. The Hall–Kier alpha value is -0.650. The summed E-state index contributed by atoms with van der Waals surface area (Å²) in [6, 6.07) is 2.42. The standard InChI is InChI=1S/C12H20BrN3O/c1-10(2)16(6-8-17-7-4-14)12-3-5-15-9-11(12)13/h3,5,9-10H,4,6-8,14H2,1-2H3. The molecule has 0 aliphatic rings. The van der Waals surface area contributed by atoms with Gasteiger partial charge in [-0.25, -0.2) is 0 Å². The van der Waals surface area contributed by atoms with Crippen molar-refractivity contribution in [3.05, 3.63) is 22.9 Å². The van der Waals surface area contributed by atoms with Crippen molar-refractivity contribution in [2.24, 2.45) is 5.73 Å². The predicted molar refractivity (Wildman–Crippen MR) is 74.3 cm³/mol. The zero-order valence-corrected chi connectivity index (χ0v) is 12.0. The molecule has 0 bridgehead atoms. The molecule has 1 aromatic rings. The van der Waals surface area contributed by atoms with E-state index in [1.54, 1.807) is 6.20 Å². The Morgan fingerprint density at radius 3 is 2.82 bits per heavy atom. The van der Waals surface area contributed by atoms with Gasteiger partial charge in [-0.1, -0.05) is 0 Å². The summed E-state index contributed by atoms with van der Waals surface area (Å²) in [5.41, 5.74) is 6.53. The van der Waals surface area contributed by atoms with Crippen LogP contribution in [0.5, 0.6) is 0 Å². The summed E-state index contributed by atoms with van der Waals surface area (Å²) in [6.45, 7) is 7.04. The Kier molecular flexibility index (Phi) is 6.47. The first-order valence-electron chi connectivity index (χ1n) is 5.80. The molecule has 0 radical (unpaired) electrons. The number of rotatable bonds is 7. The van der Waals surface area contributed by atoms with Gasteiger partial charge in [-0.2, -0.15) is 0 Å². The highest BCUT2D eigenvalue weighted by Crippen LogP contribution is 2.26. The molecule has 0 fully saturated rings. The molecule has 0 aromatic carbocycles. The van der Waals surface area contributed by atoms with E-state index in [4.69, 9.17) is 10.5 Å². The molecule has 1 heterocycles. The van der Waals surface area contributed by atoms with Gasteiger partial charge in [0.05, 0.1) is 23.4 Å². The van der Waals surface area contributed by atoms with E-state index in [0.717, 1.165) is 16.7 Å². The lowest BCUT2D eigenvalue weighted by Crippen LogP contribution is -2.34. The summed E-state index contributed by atoms with van der Waals surface area (Å²) in [5, 5.41) is 0. The van der Waals surface area contributed by atoms with Gasteiger partial charge in [-0.15, -0.1) is 0 Å². The number of aromatic nitrogens is 1. The lowest BCUT2D eigenvalue weighted by Gasteiger charge is -2.29. The SMILES string of the molecule is CC(C)N(CCOCCN)c1ccncc1Br. The molecule has 0 saturated heterocycles. The summed E-state index contributed by atoms with van der Waals surface area (Å²) in [7, 11) is 0. The van der Waals surface area contributed by atoms with Crippen molar-refractivity contribution >= 4 is 21.6 Å². The molecule has 1 aromatic heterocycles. The zero-order chi connectivity index (χ0) is 12.7. The van der Waals surface area contributed by atoms with Gasteiger partial charge in [0.2, 0.25) is 0 Å². The van der Waals surface area contributed by atoms with Crippen LogP contribution in [0.2, 0.25) is 0 Å². The fraction of sp³-hybridized carbons (Fsp3) is 0.583. The van der Waals surface area contributed by atoms with E-state index >= 15 is 0 Å². The lowest BCUT2D eigenvalue weighted by atomic mass is 10.2. The third kappa shape index (κ3) is 4.61. The van der Waals surface area contributed by atoms with E-state index in [2.05, 4.69) is 39.7 Å². The Balaban J connectivity index is 2.63. The number of anilines is 1. The first-order valence-corrected chi connectivity index (χ1v) is 6.60. The average Bonchev–Trinajstić information content (AvgIpc) is 2.30. The molecular formula is C12H20BrN3O. The number of nitrogens with zero attached hydrogens (tertiary/aromatic N) is 2. The highest BCUT2D eigenvalue weighted by Gasteiger charge is 2.12. The number of halogens is 1. The quantitative estimate of drug-likeness (QED) is 0.783. The second kappa shape index (κ2) is 7.63. The maximum absolute atomic E-state index is 5.43. The van der Waals surface area contributed by atoms with Crippen molar-refractivity contribution in [1.29, 1.82) is 0 Å². The van der Waals surface area contributed by atoms with Crippen molar-refractivity contribution < 1.29 is 4.74 Å². The van der Waals surface area contributed by atoms with Crippen LogP contribution in [0.15, 0.2) is 22.9 Å². The van der Waals surface area contributed by atoms with Crippen LogP contribution >= 0.6 is 15.9 Å². The normalized spacial score (nSPS) is 10.9. The van der Waals surface area contributed by atoms with Crippen LogP contribution in [0.1, 0.15) is 13.8 Å². The summed E-state index contributed by atoms with van der Waals surface area (Å²) in [5.74, 6) is 0. The molecule has 96 valence electrons. The van der Waals surface area contributed by atoms with Crippen LogP contribution in [0.4, 0.5) is 5.69 Å². The minimum Gasteiger partial charge on any atom is -0.378 e. The molecule has 0 aliphatic carbocycles. The number of hydrogen-bond acceptors (Lipinski definition) is 4. The summed E-state index contributed by atoms with van der Waals surface area (Å²) >= 11 is 3.52. The highest BCUT2D eigenvalue weighted by molar-refractivity contribution is 9.10. The van der Waals surface area contributed by atoms with Gasteiger partial charge < -0.3 is 15.4 Å². The van der Waals surface area contributed by atoms with Crippen LogP contribution in [0.25, 0.3) is 0 Å². The van der Waals surface area contributed by atoms with E-state index < -0.39 is 0 Å². The van der Waals surface area contributed by atoms with E-state index in [1.165, 1.54) is 0 Å². The number of ether oxygens (including phenoxy) is 1. The maximum Gasteiger partial charge on any atom is 0.0642 e. The molecule has 4 nitrogen and oxygen atoms in total. The van der Waals surface area contributed by atoms with Crippen LogP contribution in [-0.4, -0.2) is 37.3 Å². The molecule has 0 saturated carbocycles. The fourth-order valence-corrected chi connectivity index (χ4v) is 2.08. The smallest absolute Gasteiger partial charge is 0.0642 e. The van der Waals surface area contributed by atoms with Crippen LogP contribution in [0, 0.1) is 0 Å². The van der Waals surface area contributed by atoms with Crippen molar-refractivity contribution in [2.75, 3.05) is 31.2 Å². The average molecular weight is 302 g/mol. The van der Waals surface area contributed by atoms with Crippen molar-refractivity contribution in [3.8, 4) is 0 Å². The Bertz CT molecular complexity index is 333. The van der Waals surface area contributed by atoms with E-state index in [-0.39, 0.29) is 0 Å². The van der Waals surface area contributed by atoms with Gasteiger partial charge in [0.25, 0.3) is 0 Å². The van der Waals surface area contributed by atoms with Crippen LogP contribution < -0.4 is 10.6 Å². The number of nitrogens with two attached hydrogens (primary N) is 1. The van der Waals surface area contributed by atoms with Gasteiger partial charge in [0.15, 0.2) is 0 Å². The fourth-order valence-electron chi connectivity index (χ4n) is 1.61. The first-order chi connectivity index (χ1) is 8.16. The molecule has 0 atom stereocenters. The van der Waals surface area contributed by atoms with Gasteiger partial charge >= 0.3 is 0 Å². The zero-order valence-electron chi connectivity index (χ0n) is 10.4. The van der Waals surface area contributed by atoms with Crippen molar-refractivity contribution in [2.45, 2.75) is 19.9 Å². The Labute approximate surface area is 111 Å². The van der Waals surface area contributed by atoms with Crippen LogP contribution in [0.3, 0.4) is 0 Å². The van der Waals surface area contributed by atoms with E-state index in [9.17, 15) is 0 Å². The third-order valence-electron chi connectivity index (χ3n) is 2.42. The molecular weight excluding hydrogens is 282 g/mol. The summed E-state index contributed by atoms with van der Waals surface area (Å²) in [4.78, 5) is 6.36. The minimum absolute atomic E-state index is 0.412. The number of hydrogen-bond donors (Lipinski definition) is 1. The van der Waals surface area contributed by atoms with Gasteiger partial charge in [-0.3, -0.25) is 4.98 Å². The minimum atomic E-state index is 0.412. The first kappa shape index (κ1) is 14.4. The topological polar surface area (TPSA) is 51.4 Å². The number of pyridine rings is 1.